The van der Waals surface area contributed by atoms with E-state index in [2.05, 4.69) is 0 Å². The first-order chi connectivity index (χ1) is 11.4. The van der Waals surface area contributed by atoms with Crippen molar-refractivity contribution in [1.29, 1.82) is 0 Å². The first kappa shape index (κ1) is 17.2. The van der Waals surface area contributed by atoms with Crippen LogP contribution in [0.1, 0.15) is 0 Å². The molecule has 1 aromatic carbocycles. The van der Waals surface area contributed by atoms with Gasteiger partial charge >= 0.3 is 0 Å². The van der Waals surface area contributed by atoms with Crippen molar-refractivity contribution >= 4 is 44.3 Å². The highest BCUT2D eigenvalue weighted by atomic mass is 35.5. The van der Waals surface area contributed by atoms with Gasteiger partial charge in [0.25, 0.3) is 15.7 Å². The van der Waals surface area contributed by atoms with Gasteiger partial charge in [-0.05, 0) is 18.2 Å². The van der Waals surface area contributed by atoms with Crippen molar-refractivity contribution in [1.82, 2.24) is 4.31 Å². The Hall–Kier alpha value is -1.68. The summed E-state index contributed by atoms with van der Waals surface area (Å²) in [5, 5.41) is 11.1. The van der Waals surface area contributed by atoms with Crippen LogP contribution in [-0.2, 0) is 10.0 Å². The molecule has 10 heteroatoms. The Morgan fingerprint density at radius 1 is 1.08 bits per heavy atom. The molecule has 24 heavy (non-hydrogen) atoms. The summed E-state index contributed by atoms with van der Waals surface area (Å²) in [5.74, 6) is 0. The summed E-state index contributed by atoms with van der Waals surface area (Å²) in [6.07, 6.45) is 0. The van der Waals surface area contributed by atoms with E-state index in [1.165, 1.54) is 16.4 Å². The lowest BCUT2D eigenvalue weighted by atomic mass is 10.2. The smallest absolute Gasteiger partial charge is 0.292 e. The van der Waals surface area contributed by atoms with Gasteiger partial charge < -0.3 is 4.90 Å². The molecule has 1 saturated heterocycles. The van der Waals surface area contributed by atoms with Crippen LogP contribution in [0.15, 0.2) is 40.6 Å². The van der Waals surface area contributed by atoms with Gasteiger partial charge in [0.05, 0.1) is 9.26 Å². The molecule has 0 amide bonds. The van der Waals surface area contributed by atoms with Crippen LogP contribution in [0.3, 0.4) is 0 Å². The van der Waals surface area contributed by atoms with E-state index >= 15 is 0 Å². The number of para-hydroxylation sites is 2. The van der Waals surface area contributed by atoms with E-state index in [4.69, 9.17) is 11.6 Å². The predicted molar refractivity (Wildman–Crippen MR) is 93.4 cm³/mol. The Kier molecular flexibility index (Phi) is 4.77. The van der Waals surface area contributed by atoms with E-state index in [0.717, 1.165) is 11.3 Å². The van der Waals surface area contributed by atoms with Crippen molar-refractivity contribution in [2.45, 2.75) is 4.21 Å². The molecule has 0 atom stereocenters. The molecule has 2 heterocycles. The number of piperazine rings is 1. The highest BCUT2D eigenvalue weighted by molar-refractivity contribution is 7.91. The molecule has 0 aliphatic carbocycles. The van der Waals surface area contributed by atoms with Crippen LogP contribution in [-0.4, -0.2) is 43.8 Å². The van der Waals surface area contributed by atoms with Gasteiger partial charge in [-0.1, -0.05) is 23.7 Å². The summed E-state index contributed by atoms with van der Waals surface area (Å²) in [6, 6.07) is 9.54. The second kappa shape index (κ2) is 6.67. The summed E-state index contributed by atoms with van der Waals surface area (Å²) < 4.78 is 27.2. The maximum atomic E-state index is 12.6. The van der Waals surface area contributed by atoms with Gasteiger partial charge in [0.2, 0.25) is 0 Å². The quantitative estimate of drug-likeness (QED) is 0.595. The third-order valence-electron chi connectivity index (χ3n) is 3.80. The van der Waals surface area contributed by atoms with Crippen LogP contribution in [0.5, 0.6) is 0 Å². The van der Waals surface area contributed by atoms with Crippen LogP contribution in [0.2, 0.25) is 4.34 Å². The number of rotatable bonds is 4. The molecule has 0 N–H and O–H groups in total. The number of sulfonamides is 1. The molecular formula is C14H14ClN3O4S2. The van der Waals surface area contributed by atoms with Gasteiger partial charge in [0.15, 0.2) is 0 Å². The van der Waals surface area contributed by atoms with E-state index in [0.29, 0.717) is 23.1 Å². The lowest BCUT2D eigenvalue weighted by Crippen LogP contribution is -2.48. The van der Waals surface area contributed by atoms with Crippen LogP contribution >= 0.6 is 22.9 Å². The third kappa shape index (κ3) is 3.25. The molecule has 0 unspecified atom stereocenters. The average molecular weight is 388 g/mol. The zero-order valence-electron chi connectivity index (χ0n) is 12.5. The number of halogens is 1. The molecular weight excluding hydrogens is 374 g/mol. The van der Waals surface area contributed by atoms with Gasteiger partial charge in [-0.15, -0.1) is 11.3 Å². The number of nitro benzene ring substituents is 1. The summed E-state index contributed by atoms with van der Waals surface area (Å²) in [6.45, 7) is 1.32. The number of thiophene rings is 1. The Bertz CT molecular complexity index is 860. The number of nitro groups is 1. The van der Waals surface area contributed by atoms with Crippen molar-refractivity contribution in [3.63, 3.8) is 0 Å². The second-order valence-corrected chi connectivity index (χ2v) is 9.08. The fraction of sp³-hybridized carbons (Fsp3) is 0.286. The maximum absolute atomic E-state index is 12.6. The molecule has 0 saturated carbocycles. The maximum Gasteiger partial charge on any atom is 0.292 e. The van der Waals surface area contributed by atoms with Crippen molar-refractivity contribution in [2.24, 2.45) is 0 Å². The largest absolute Gasteiger partial charge is 0.363 e. The second-order valence-electron chi connectivity index (χ2n) is 5.20. The SMILES string of the molecule is O=[N+]([O-])c1ccccc1N1CCN(S(=O)(=O)c2ccc(Cl)s2)CC1. The first-order valence-corrected chi connectivity index (χ1v) is 9.77. The van der Waals surface area contributed by atoms with E-state index in [9.17, 15) is 18.5 Å². The van der Waals surface area contributed by atoms with Crippen LogP contribution < -0.4 is 4.90 Å². The molecule has 1 aliphatic heterocycles. The van der Waals surface area contributed by atoms with Gasteiger partial charge in [0, 0.05) is 32.2 Å². The Balaban J connectivity index is 1.76. The summed E-state index contributed by atoms with van der Waals surface area (Å²) in [5.41, 5.74) is 0.539. The Morgan fingerprint density at radius 3 is 2.33 bits per heavy atom. The molecule has 128 valence electrons. The van der Waals surface area contributed by atoms with Gasteiger partial charge in [-0.3, -0.25) is 10.1 Å². The lowest BCUT2D eigenvalue weighted by molar-refractivity contribution is -0.384. The first-order valence-electron chi connectivity index (χ1n) is 7.13. The topological polar surface area (TPSA) is 83.8 Å². The van der Waals surface area contributed by atoms with Gasteiger partial charge in [0.1, 0.15) is 9.90 Å². The van der Waals surface area contributed by atoms with Gasteiger partial charge in [-0.25, -0.2) is 8.42 Å². The molecule has 3 rings (SSSR count). The van der Waals surface area contributed by atoms with E-state index in [-0.39, 0.29) is 23.0 Å². The average Bonchev–Trinajstić information content (AvgIpc) is 3.02. The minimum atomic E-state index is -3.57. The van der Waals surface area contributed by atoms with Crippen molar-refractivity contribution in [2.75, 3.05) is 31.1 Å². The van der Waals surface area contributed by atoms with Crippen LogP contribution in [0, 0.1) is 10.1 Å². The predicted octanol–water partition coefficient (Wildman–Crippen LogP) is 2.82. The molecule has 7 nitrogen and oxygen atoms in total. The van der Waals surface area contributed by atoms with Crippen molar-refractivity contribution in [3.8, 4) is 0 Å². The standard InChI is InChI=1S/C14H14ClN3O4S2/c15-13-5-6-14(23-13)24(21,22)17-9-7-16(8-10-17)11-3-1-2-4-12(11)18(19)20/h1-6H,7-10H2. The number of benzene rings is 1. The van der Waals surface area contributed by atoms with Crippen molar-refractivity contribution in [3.05, 3.63) is 50.8 Å². The number of hydrogen-bond donors (Lipinski definition) is 0. The highest BCUT2D eigenvalue weighted by Gasteiger charge is 2.31. The van der Waals surface area contributed by atoms with E-state index in [1.807, 2.05) is 4.90 Å². The van der Waals surface area contributed by atoms with E-state index < -0.39 is 14.9 Å². The molecule has 2 aromatic rings. The molecule has 1 aromatic heterocycles. The fourth-order valence-electron chi connectivity index (χ4n) is 2.62. The normalized spacial score (nSPS) is 16.3. The number of hydrogen-bond acceptors (Lipinski definition) is 6. The number of nitrogens with zero attached hydrogens (tertiary/aromatic N) is 3. The molecule has 1 fully saturated rings. The molecule has 1 aliphatic rings. The zero-order valence-corrected chi connectivity index (χ0v) is 14.9. The minimum absolute atomic E-state index is 0.0267. The summed E-state index contributed by atoms with van der Waals surface area (Å²) >= 11 is 6.84. The Morgan fingerprint density at radius 2 is 1.75 bits per heavy atom. The van der Waals surface area contributed by atoms with Gasteiger partial charge in [-0.2, -0.15) is 4.31 Å². The van der Waals surface area contributed by atoms with Crippen molar-refractivity contribution < 1.29 is 13.3 Å². The zero-order chi connectivity index (χ0) is 17.3. The minimum Gasteiger partial charge on any atom is -0.363 e. The monoisotopic (exact) mass is 387 g/mol. The van der Waals surface area contributed by atoms with Crippen LogP contribution in [0.25, 0.3) is 0 Å². The highest BCUT2D eigenvalue weighted by Crippen LogP contribution is 2.31. The Labute approximate surface area is 148 Å². The van der Waals surface area contributed by atoms with E-state index in [1.54, 1.807) is 24.3 Å². The summed E-state index contributed by atoms with van der Waals surface area (Å²) in [4.78, 5) is 12.6. The fourth-order valence-corrected chi connectivity index (χ4v) is 5.68. The molecule has 0 bridgehead atoms. The molecule has 0 spiro atoms. The third-order valence-corrected chi connectivity index (χ3v) is 7.40. The molecule has 0 radical (unpaired) electrons. The summed E-state index contributed by atoms with van der Waals surface area (Å²) in [7, 11) is -3.57. The van der Waals surface area contributed by atoms with Crippen LogP contribution in [0.4, 0.5) is 11.4 Å². The lowest BCUT2D eigenvalue weighted by Gasteiger charge is -2.34. The number of anilines is 1.